The van der Waals surface area contributed by atoms with Crippen molar-refractivity contribution in [3.8, 4) is 0 Å². The smallest absolute Gasteiger partial charge is 0.251 e. The molecule has 1 aromatic heterocycles. The van der Waals surface area contributed by atoms with Crippen LogP contribution in [0.5, 0.6) is 0 Å². The number of aryl methyl sites for hydroxylation is 2. The van der Waals surface area contributed by atoms with Crippen LogP contribution in [-0.4, -0.2) is 10.9 Å². The van der Waals surface area contributed by atoms with Gasteiger partial charge in [-0.15, -0.1) is 11.3 Å². The van der Waals surface area contributed by atoms with Crippen LogP contribution in [0.2, 0.25) is 0 Å². The van der Waals surface area contributed by atoms with E-state index in [-0.39, 0.29) is 11.9 Å². The maximum absolute atomic E-state index is 12.2. The fourth-order valence-electron chi connectivity index (χ4n) is 1.76. The molecular formula is C15H17BrN2OS. The molecule has 0 fully saturated rings. The predicted octanol–water partition coefficient (Wildman–Crippen LogP) is 4.27. The maximum Gasteiger partial charge on any atom is 0.251 e. The van der Waals surface area contributed by atoms with Gasteiger partial charge >= 0.3 is 0 Å². The van der Waals surface area contributed by atoms with Crippen molar-refractivity contribution in [1.82, 2.24) is 10.3 Å². The average Bonchev–Trinajstić information content (AvgIpc) is 2.90. The minimum absolute atomic E-state index is 0.0760. The van der Waals surface area contributed by atoms with Crippen LogP contribution in [0.4, 0.5) is 0 Å². The first-order valence-corrected chi connectivity index (χ1v) is 8.13. The fraction of sp³-hybridized carbons (Fsp3) is 0.333. The number of nitrogens with one attached hydrogen (secondary N) is 1. The Balaban J connectivity index is 2.08. The summed E-state index contributed by atoms with van der Waals surface area (Å²) >= 11 is 5.10. The molecule has 3 nitrogen and oxygen atoms in total. The minimum Gasteiger partial charge on any atom is -0.343 e. The van der Waals surface area contributed by atoms with Gasteiger partial charge in [0.2, 0.25) is 0 Å². The summed E-state index contributed by atoms with van der Waals surface area (Å²) in [5, 5.41) is 3.93. The maximum atomic E-state index is 12.2. The Labute approximate surface area is 131 Å². The zero-order valence-corrected chi connectivity index (χ0v) is 14.1. The summed E-state index contributed by atoms with van der Waals surface area (Å²) in [5.74, 6) is -0.0774. The van der Waals surface area contributed by atoms with Crippen LogP contribution in [-0.2, 0) is 6.42 Å². The Kier molecular flexibility index (Phi) is 4.94. The molecule has 0 spiro atoms. The molecule has 106 valence electrons. The number of hydrogen-bond donors (Lipinski definition) is 1. The normalized spacial score (nSPS) is 12.2. The number of carbonyl (C=O) groups is 1. The van der Waals surface area contributed by atoms with E-state index in [1.165, 1.54) is 4.88 Å². The van der Waals surface area contributed by atoms with E-state index in [1.807, 2.05) is 38.2 Å². The summed E-state index contributed by atoms with van der Waals surface area (Å²) < 4.78 is 0.945. The molecule has 2 aromatic rings. The lowest BCUT2D eigenvalue weighted by Gasteiger charge is -2.11. The highest BCUT2D eigenvalue weighted by Gasteiger charge is 2.14. The topological polar surface area (TPSA) is 42.0 Å². The Morgan fingerprint density at radius 3 is 2.85 bits per heavy atom. The van der Waals surface area contributed by atoms with Crippen molar-refractivity contribution < 1.29 is 4.79 Å². The molecule has 1 aromatic carbocycles. The molecule has 0 radical (unpaired) electrons. The Hall–Kier alpha value is -1.20. The zero-order valence-electron chi connectivity index (χ0n) is 11.7. The van der Waals surface area contributed by atoms with E-state index in [2.05, 4.69) is 33.2 Å². The number of halogens is 1. The summed E-state index contributed by atoms with van der Waals surface area (Å²) in [7, 11) is 0. The van der Waals surface area contributed by atoms with Crippen molar-refractivity contribution in [2.24, 2.45) is 0 Å². The monoisotopic (exact) mass is 352 g/mol. The van der Waals surface area contributed by atoms with E-state index < -0.39 is 0 Å². The molecule has 0 aliphatic carbocycles. The van der Waals surface area contributed by atoms with Gasteiger partial charge in [0.1, 0.15) is 5.01 Å². The molecule has 1 heterocycles. The summed E-state index contributed by atoms with van der Waals surface area (Å²) in [6.45, 7) is 6.06. The first-order valence-electron chi connectivity index (χ1n) is 6.53. The first kappa shape index (κ1) is 15.2. The van der Waals surface area contributed by atoms with Crippen LogP contribution in [0, 0.1) is 6.92 Å². The molecule has 1 atom stereocenters. The number of amides is 1. The highest BCUT2D eigenvalue weighted by atomic mass is 79.9. The highest BCUT2D eigenvalue weighted by Crippen LogP contribution is 2.21. The van der Waals surface area contributed by atoms with E-state index in [0.29, 0.717) is 5.56 Å². The van der Waals surface area contributed by atoms with E-state index in [4.69, 9.17) is 0 Å². The molecule has 1 unspecified atom stereocenters. The standard InChI is InChI=1S/C15H17BrN2OS/c1-4-12-8-17-15(20-12)10(3)18-14(19)11-6-5-9(2)13(16)7-11/h5-8,10H,4H2,1-3H3,(H,18,19). The van der Waals surface area contributed by atoms with Gasteiger partial charge in [0.05, 0.1) is 6.04 Å². The summed E-state index contributed by atoms with van der Waals surface area (Å²) in [6.07, 6.45) is 2.86. The van der Waals surface area contributed by atoms with Gasteiger partial charge in [-0.25, -0.2) is 4.98 Å². The molecule has 0 saturated carbocycles. The van der Waals surface area contributed by atoms with Gasteiger partial charge < -0.3 is 5.32 Å². The molecule has 1 amide bonds. The van der Waals surface area contributed by atoms with E-state index in [1.54, 1.807) is 11.3 Å². The number of carbonyl (C=O) groups excluding carboxylic acids is 1. The predicted molar refractivity (Wildman–Crippen MR) is 86.3 cm³/mol. The van der Waals surface area contributed by atoms with Gasteiger partial charge in [0.25, 0.3) is 5.91 Å². The molecule has 20 heavy (non-hydrogen) atoms. The number of rotatable bonds is 4. The molecule has 2 rings (SSSR count). The number of thiazole rings is 1. The summed E-state index contributed by atoms with van der Waals surface area (Å²) in [4.78, 5) is 17.8. The number of benzene rings is 1. The second kappa shape index (κ2) is 6.50. The third kappa shape index (κ3) is 3.46. The Morgan fingerprint density at radius 1 is 1.50 bits per heavy atom. The van der Waals surface area contributed by atoms with Crippen LogP contribution in [0.1, 0.15) is 45.7 Å². The van der Waals surface area contributed by atoms with E-state index in [9.17, 15) is 4.79 Å². The van der Waals surface area contributed by atoms with Gasteiger partial charge in [-0.2, -0.15) is 0 Å². The van der Waals surface area contributed by atoms with Crippen LogP contribution in [0.15, 0.2) is 28.9 Å². The van der Waals surface area contributed by atoms with Gasteiger partial charge in [-0.1, -0.05) is 28.9 Å². The third-order valence-electron chi connectivity index (χ3n) is 3.07. The van der Waals surface area contributed by atoms with E-state index >= 15 is 0 Å². The minimum atomic E-state index is -0.0774. The van der Waals surface area contributed by atoms with Crippen LogP contribution < -0.4 is 5.32 Å². The number of hydrogen-bond acceptors (Lipinski definition) is 3. The lowest BCUT2D eigenvalue weighted by atomic mass is 10.1. The SMILES string of the molecule is CCc1cnc(C(C)NC(=O)c2ccc(C)c(Br)c2)s1. The van der Waals surface area contributed by atoms with Crippen molar-refractivity contribution in [3.63, 3.8) is 0 Å². The van der Waals surface area contributed by atoms with Crippen molar-refractivity contribution in [1.29, 1.82) is 0 Å². The molecule has 5 heteroatoms. The zero-order chi connectivity index (χ0) is 14.7. The van der Waals surface area contributed by atoms with Gasteiger partial charge in [0.15, 0.2) is 0 Å². The molecule has 0 saturated heterocycles. The van der Waals surface area contributed by atoms with Crippen molar-refractivity contribution in [2.45, 2.75) is 33.2 Å². The van der Waals surface area contributed by atoms with Crippen molar-refractivity contribution in [2.75, 3.05) is 0 Å². The molecular weight excluding hydrogens is 336 g/mol. The largest absolute Gasteiger partial charge is 0.343 e. The Bertz CT molecular complexity index is 624. The second-order valence-corrected chi connectivity index (χ2v) is 6.68. The number of nitrogens with zero attached hydrogens (tertiary/aromatic N) is 1. The van der Waals surface area contributed by atoms with Crippen LogP contribution in [0.3, 0.4) is 0 Å². The van der Waals surface area contributed by atoms with Crippen LogP contribution in [0.25, 0.3) is 0 Å². The van der Waals surface area contributed by atoms with Crippen molar-refractivity contribution in [3.05, 3.63) is 49.9 Å². The molecule has 1 N–H and O–H groups in total. The first-order chi connectivity index (χ1) is 9.51. The quantitative estimate of drug-likeness (QED) is 0.892. The number of aromatic nitrogens is 1. The highest BCUT2D eigenvalue weighted by molar-refractivity contribution is 9.10. The third-order valence-corrected chi connectivity index (χ3v) is 5.25. The van der Waals surface area contributed by atoms with E-state index in [0.717, 1.165) is 21.5 Å². The summed E-state index contributed by atoms with van der Waals surface area (Å²) in [6, 6.07) is 5.54. The van der Waals surface area contributed by atoms with Crippen molar-refractivity contribution >= 4 is 33.2 Å². The van der Waals surface area contributed by atoms with Gasteiger partial charge in [0, 0.05) is 21.1 Å². The summed E-state index contributed by atoms with van der Waals surface area (Å²) in [5.41, 5.74) is 1.77. The molecule has 0 bridgehead atoms. The lowest BCUT2D eigenvalue weighted by molar-refractivity contribution is 0.0940. The lowest BCUT2D eigenvalue weighted by Crippen LogP contribution is -2.26. The molecule has 0 aliphatic heterocycles. The Morgan fingerprint density at radius 2 is 2.25 bits per heavy atom. The fourth-order valence-corrected chi connectivity index (χ4v) is 3.00. The average molecular weight is 353 g/mol. The van der Waals surface area contributed by atoms with Crippen LogP contribution >= 0.6 is 27.3 Å². The van der Waals surface area contributed by atoms with Gasteiger partial charge in [-0.05, 0) is 38.0 Å². The molecule has 0 aliphatic rings. The van der Waals surface area contributed by atoms with Gasteiger partial charge in [-0.3, -0.25) is 4.79 Å². The second-order valence-electron chi connectivity index (χ2n) is 4.68.